The molecule has 1 aliphatic rings. The van der Waals surface area contributed by atoms with Gasteiger partial charge in [0.25, 0.3) is 0 Å². The summed E-state index contributed by atoms with van der Waals surface area (Å²) in [5.74, 6) is 0. The smallest absolute Gasteiger partial charge is 0.214 e. The number of nitrogens with one attached hydrogen (secondary N) is 1. The van der Waals surface area contributed by atoms with Crippen LogP contribution in [0.3, 0.4) is 0 Å². The Hall–Kier alpha value is -0.483. The minimum absolute atomic E-state index is 0.590. The van der Waals surface area contributed by atoms with Gasteiger partial charge >= 0.3 is 0 Å². The van der Waals surface area contributed by atoms with Crippen LogP contribution in [0.25, 0.3) is 0 Å². The topological polar surface area (TPSA) is 31.9 Å². The molecule has 0 bridgehead atoms. The highest BCUT2D eigenvalue weighted by Crippen LogP contribution is 2.30. The molecule has 1 aromatic heterocycles. The average molecular weight is 231 g/mol. The van der Waals surface area contributed by atoms with E-state index in [0.29, 0.717) is 19.1 Å². The van der Waals surface area contributed by atoms with E-state index in [4.69, 9.17) is 0 Å². The Morgan fingerprint density at radius 1 is 1.44 bits per heavy atom. The molecule has 6 heteroatoms. The van der Waals surface area contributed by atoms with Crippen molar-refractivity contribution in [2.24, 2.45) is 0 Å². The van der Waals surface area contributed by atoms with E-state index in [2.05, 4.69) is 55.5 Å². The van der Waals surface area contributed by atoms with Crippen molar-refractivity contribution in [3.8, 4) is 0 Å². The van der Waals surface area contributed by atoms with Gasteiger partial charge in [-0.25, -0.2) is 0 Å². The minimum atomic E-state index is 0.590. The monoisotopic (exact) mass is 231 g/mol. The fourth-order valence-electron chi connectivity index (χ4n) is 2.45. The first-order valence-electron chi connectivity index (χ1n) is 6.00. The largest absolute Gasteiger partial charge is 0.387 e. The standard InChI is InChI=1S/C10H19B2N3Si/c1-7-6-9(14-13-7)10-12(4)15(5)11(3)8(2)16-10/h6,8,10H,1-5H3,(H,13,14). The van der Waals surface area contributed by atoms with Crippen LogP contribution in [0, 0.1) is 6.92 Å². The maximum Gasteiger partial charge on any atom is 0.214 e. The van der Waals surface area contributed by atoms with Crippen molar-refractivity contribution >= 4 is 23.2 Å². The molecule has 1 saturated heterocycles. The zero-order chi connectivity index (χ0) is 11.9. The Balaban J connectivity index is 2.22. The molecule has 84 valence electrons. The summed E-state index contributed by atoms with van der Waals surface area (Å²) in [4.78, 5) is 0. The molecule has 2 heterocycles. The molecule has 2 atom stereocenters. The van der Waals surface area contributed by atoms with Crippen molar-refractivity contribution in [1.82, 2.24) is 14.9 Å². The Bertz CT molecular complexity index is 371. The van der Waals surface area contributed by atoms with E-state index in [9.17, 15) is 0 Å². The van der Waals surface area contributed by atoms with Crippen LogP contribution in [0.15, 0.2) is 6.07 Å². The van der Waals surface area contributed by atoms with E-state index < -0.39 is 0 Å². The number of aryl methyl sites for hydroxylation is 1. The van der Waals surface area contributed by atoms with Crippen molar-refractivity contribution < 1.29 is 0 Å². The van der Waals surface area contributed by atoms with Gasteiger partial charge in [0, 0.05) is 15.2 Å². The Morgan fingerprint density at radius 3 is 2.69 bits per heavy atom. The molecule has 1 aromatic rings. The third-order valence-electron chi connectivity index (χ3n) is 3.98. The molecule has 1 aliphatic heterocycles. The van der Waals surface area contributed by atoms with Crippen LogP contribution in [0.2, 0.25) is 19.1 Å². The van der Waals surface area contributed by atoms with Crippen LogP contribution >= 0.6 is 0 Å². The van der Waals surface area contributed by atoms with E-state index in [1.54, 1.807) is 0 Å². The van der Waals surface area contributed by atoms with Crippen molar-refractivity contribution in [2.45, 2.75) is 38.4 Å². The van der Waals surface area contributed by atoms with Crippen LogP contribution in [0.1, 0.15) is 23.8 Å². The summed E-state index contributed by atoms with van der Waals surface area (Å²) in [6.45, 7) is 10.4. The second kappa shape index (κ2) is 4.41. The van der Waals surface area contributed by atoms with Crippen molar-refractivity contribution in [3.63, 3.8) is 0 Å². The molecule has 0 aromatic carbocycles. The minimum Gasteiger partial charge on any atom is -0.387 e. The van der Waals surface area contributed by atoms with Gasteiger partial charge in [-0.1, -0.05) is 26.0 Å². The lowest BCUT2D eigenvalue weighted by Crippen LogP contribution is -2.56. The van der Waals surface area contributed by atoms with Crippen LogP contribution in [0.5, 0.6) is 0 Å². The Labute approximate surface area is 101 Å². The molecule has 1 N–H and O–H groups in total. The summed E-state index contributed by atoms with van der Waals surface area (Å²) in [5, 5.41) is 7.50. The van der Waals surface area contributed by atoms with E-state index in [1.165, 1.54) is 11.4 Å². The number of hydrogen-bond donors (Lipinski definition) is 1. The predicted molar refractivity (Wildman–Crippen MR) is 72.2 cm³/mol. The Kier molecular flexibility index (Phi) is 3.31. The summed E-state index contributed by atoms with van der Waals surface area (Å²) in [5.41, 5.74) is 3.78. The second-order valence-corrected chi connectivity index (χ2v) is 6.92. The lowest BCUT2D eigenvalue weighted by molar-refractivity contribution is 0.753. The SMILES string of the molecule is CB1C(C)[Si]C(c2cc(C)[nH]n2)B(C)N1C. The second-order valence-electron chi connectivity index (χ2n) is 5.06. The molecule has 0 amide bonds. The van der Waals surface area contributed by atoms with Crippen molar-refractivity contribution in [1.29, 1.82) is 0 Å². The van der Waals surface area contributed by atoms with Gasteiger partial charge in [0.2, 0.25) is 13.7 Å². The van der Waals surface area contributed by atoms with Gasteiger partial charge < -0.3 is 4.72 Å². The van der Waals surface area contributed by atoms with E-state index in [0.717, 1.165) is 15.0 Å². The highest BCUT2D eigenvalue weighted by Gasteiger charge is 2.40. The normalized spacial score (nSPS) is 27.6. The molecule has 2 radical (unpaired) electrons. The van der Waals surface area contributed by atoms with Gasteiger partial charge in [0.15, 0.2) is 0 Å². The summed E-state index contributed by atoms with van der Waals surface area (Å²) in [6.07, 6.45) is 0. The molecule has 0 aliphatic carbocycles. The first-order chi connectivity index (χ1) is 7.50. The molecule has 1 fully saturated rings. The van der Waals surface area contributed by atoms with E-state index >= 15 is 0 Å². The molecule has 0 saturated carbocycles. The van der Waals surface area contributed by atoms with E-state index in [1.807, 2.05) is 0 Å². The molecular weight excluding hydrogens is 212 g/mol. The quantitative estimate of drug-likeness (QED) is 0.743. The highest BCUT2D eigenvalue weighted by molar-refractivity contribution is 6.88. The Morgan fingerprint density at radius 2 is 2.12 bits per heavy atom. The molecule has 0 spiro atoms. The lowest BCUT2D eigenvalue weighted by Gasteiger charge is -2.41. The maximum atomic E-state index is 4.44. The first kappa shape index (κ1) is 12.0. The first-order valence-corrected chi connectivity index (χ1v) is 7.16. The number of aromatic nitrogens is 2. The number of aromatic amines is 1. The highest BCUT2D eigenvalue weighted by atomic mass is 28.2. The molecule has 2 rings (SSSR count). The third kappa shape index (κ3) is 2.00. The van der Waals surface area contributed by atoms with Crippen molar-refractivity contribution in [3.05, 3.63) is 17.5 Å². The van der Waals surface area contributed by atoms with Gasteiger partial charge in [0.05, 0.1) is 5.69 Å². The van der Waals surface area contributed by atoms with E-state index in [-0.39, 0.29) is 0 Å². The molecule has 16 heavy (non-hydrogen) atoms. The fraction of sp³-hybridized carbons (Fsp3) is 0.700. The number of hydrogen-bond acceptors (Lipinski definition) is 2. The van der Waals surface area contributed by atoms with Gasteiger partial charge in [-0.3, -0.25) is 5.10 Å². The third-order valence-corrected chi connectivity index (χ3v) is 6.12. The summed E-state index contributed by atoms with van der Waals surface area (Å²) in [7, 11) is 3.22. The predicted octanol–water partition coefficient (Wildman–Crippen LogP) is 1.54. The van der Waals surface area contributed by atoms with Gasteiger partial charge in [0.1, 0.15) is 0 Å². The van der Waals surface area contributed by atoms with Gasteiger partial charge in [-0.2, -0.15) is 5.10 Å². The lowest BCUT2D eigenvalue weighted by atomic mass is 9.45. The van der Waals surface area contributed by atoms with Gasteiger partial charge in [-0.15, -0.1) is 0 Å². The van der Waals surface area contributed by atoms with Crippen LogP contribution in [-0.2, 0) is 0 Å². The summed E-state index contributed by atoms with van der Waals surface area (Å²) < 4.78 is 2.50. The number of H-pyrrole nitrogens is 1. The zero-order valence-corrected chi connectivity index (χ0v) is 11.8. The van der Waals surface area contributed by atoms with Crippen molar-refractivity contribution in [2.75, 3.05) is 7.05 Å². The number of rotatable bonds is 1. The summed E-state index contributed by atoms with van der Waals surface area (Å²) >= 11 is 0. The van der Waals surface area contributed by atoms with Crippen LogP contribution in [-0.4, -0.2) is 45.2 Å². The average Bonchev–Trinajstić information content (AvgIpc) is 2.67. The molecular formula is C10H19B2N3Si. The maximum absolute atomic E-state index is 4.44. The summed E-state index contributed by atoms with van der Waals surface area (Å²) in [6, 6.07) is 2.20. The molecule has 3 nitrogen and oxygen atoms in total. The number of nitrogens with zero attached hydrogens (tertiary/aromatic N) is 2. The van der Waals surface area contributed by atoms with Gasteiger partial charge in [-0.05, 0) is 25.5 Å². The zero-order valence-electron chi connectivity index (χ0n) is 10.8. The fourth-order valence-corrected chi connectivity index (χ4v) is 4.36. The van der Waals surface area contributed by atoms with Crippen LogP contribution in [0.4, 0.5) is 0 Å². The molecule has 2 unspecified atom stereocenters. The van der Waals surface area contributed by atoms with Crippen LogP contribution < -0.4 is 0 Å².